The average molecular weight is 767 g/mol. The van der Waals surface area contributed by atoms with Crippen molar-refractivity contribution in [3.05, 3.63) is 0 Å². The lowest BCUT2D eigenvalue weighted by molar-refractivity contribution is -0.344. The van der Waals surface area contributed by atoms with Gasteiger partial charge in [0, 0.05) is 5.92 Å². The van der Waals surface area contributed by atoms with E-state index in [1.54, 1.807) is 0 Å². The molecule has 5 aliphatic carbocycles. The Bertz CT molecular complexity index is 1460. The smallest absolute Gasteiger partial charge is 0.315 e. The zero-order chi connectivity index (χ0) is 39.0. The van der Waals surface area contributed by atoms with Gasteiger partial charge in [-0.25, -0.2) is 0 Å². The van der Waals surface area contributed by atoms with Crippen LogP contribution in [0.1, 0.15) is 112 Å². The van der Waals surface area contributed by atoms with Crippen LogP contribution in [0, 0.1) is 50.7 Å². The first-order valence-electron chi connectivity index (χ1n) is 20.8. The quantitative estimate of drug-likeness (QED) is 0.186. The van der Waals surface area contributed by atoms with Gasteiger partial charge < -0.3 is 59.4 Å². The highest BCUT2D eigenvalue weighted by Gasteiger charge is 2.81. The van der Waals surface area contributed by atoms with Crippen LogP contribution >= 0.6 is 0 Å². The molecule has 0 unspecified atom stereocenters. The molecular formula is C41H66O13. The third-order valence-corrected chi connectivity index (χ3v) is 18.0. The summed E-state index contributed by atoms with van der Waals surface area (Å²) in [5, 5.41) is 75.0. The Morgan fingerprint density at radius 2 is 1.28 bits per heavy atom. The van der Waals surface area contributed by atoms with E-state index in [0.29, 0.717) is 24.7 Å². The standard InChI is InChI=1S/C41H66O13/c1-35(2)23-11-15-40(34(48)54-35)26-9-8-25-37(4)13-7-12-36(3,24(37)10-14-38(25,5)39(26,6)16-17-41(23,40)49)20-50-33-31(29(46)27(44)21(18-42)52-33)53-32-30(47)28(45)22(19-43)51-32/h21-33,42-47,49H,7-20H2,1-6H3/t21-,22+,23+,24-,25-,26-,27+,28-,29-,30-,31+,32-,33-,36+,37+,38+,39-,40+,41-/m0/s1. The molecule has 3 heterocycles. The lowest BCUT2D eigenvalue weighted by Gasteiger charge is -2.74. The predicted molar refractivity (Wildman–Crippen MR) is 191 cm³/mol. The summed E-state index contributed by atoms with van der Waals surface area (Å²) < 4.78 is 30.3. The molecule has 5 saturated carbocycles. The third-order valence-electron chi connectivity index (χ3n) is 18.0. The monoisotopic (exact) mass is 766 g/mol. The van der Waals surface area contributed by atoms with Crippen molar-refractivity contribution in [1.29, 1.82) is 0 Å². The fourth-order valence-electron chi connectivity index (χ4n) is 15.2. The van der Waals surface area contributed by atoms with Gasteiger partial charge in [-0.3, -0.25) is 4.79 Å². The van der Waals surface area contributed by atoms with E-state index in [4.69, 9.17) is 23.7 Å². The Morgan fingerprint density at radius 3 is 1.96 bits per heavy atom. The van der Waals surface area contributed by atoms with Crippen LogP contribution in [-0.2, 0) is 28.5 Å². The van der Waals surface area contributed by atoms with Crippen LogP contribution in [0.15, 0.2) is 0 Å². The SMILES string of the molecule is CC1(C)OC(=O)[C@]23CC[C@H]1[C@@]2(O)CC[C@@]1(C)[C@@H]3CC[C@H]2[C@]3(C)CCC[C@](C)(CO[C@H]4O[C@@H](CO)[C@@H](O)[C@H](O)[C@H]4O[C@@H]4O[C@H](CO)[C@H](O)[C@@H]4O)[C@@H]3CC[C@]21C. The molecule has 0 aromatic heterocycles. The average Bonchev–Trinajstić information content (AvgIpc) is 3.55. The minimum atomic E-state index is -1.56. The summed E-state index contributed by atoms with van der Waals surface area (Å²) in [5.74, 6) is 0.496. The van der Waals surface area contributed by atoms with Gasteiger partial charge in [-0.2, -0.15) is 0 Å². The molecule has 308 valence electrons. The summed E-state index contributed by atoms with van der Waals surface area (Å²) in [7, 11) is 0. The number of aliphatic hydroxyl groups excluding tert-OH is 6. The second kappa shape index (κ2) is 13.0. The molecule has 0 amide bonds. The number of hydrogen-bond acceptors (Lipinski definition) is 13. The van der Waals surface area contributed by atoms with Crippen molar-refractivity contribution in [3.63, 3.8) is 0 Å². The van der Waals surface area contributed by atoms with Crippen molar-refractivity contribution in [2.24, 2.45) is 50.7 Å². The molecule has 0 aromatic carbocycles. The molecule has 0 spiro atoms. The van der Waals surface area contributed by atoms with Gasteiger partial charge in [0.15, 0.2) is 12.6 Å². The highest BCUT2D eigenvalue weighted by atomic mass is 16.8. The molecule has 3 saturated heterocycles. The molecule has 3 aliphatic heterocycles. The molecule has 13 heteroatoms. The molecule has 7 N–H and O–H groups in total. The van der Waals surface area contributed by atoms with Gasteiger partial charge in [-0.1, -0.05) is 34.1 Å². The molecule has 8 fully saturated rings. The number of ether oxygens (including phenoxy) is 5. The van der Waals surface area contributed by atoms with Crippen molar-refractivity contribution >= 4 is 5.97 Å². The normalized spacial score (nSPS) is 57.7. The number of rotatable bonds is 7. The molecular weight excluding hydrogens is 700 g/mol. The molecule has 8 aliphatic rings. The van der Waals surface area contributed by atoms with E-state index in [9.17, 15) is 40.5 Å². The van der Waals surface area contributed by atoms with Crippen LogP contribution in [0.3, 0.4) is 0 Å². The van der Waals surface area contributed by atoms with E-state index in [2.05, 4.69) is 27.7 Å². The maximum atomic E-state index is 14.2. The molecule has 0 radical (unpaired) electrons. The van der Waals surface area contributed by atoms with Gasteiger partial charge in [-0.15, -0.1) is 0 Å². The largest absolute Gasteiger partial charge is 0.459 e. The number of carbonyl (C=O) groups is 1. The highest BCUT2D eigenvalue weighted by molar-refractivity contribution is 5.82. The number of carbonyl (C=O) groups excluding carboxylic acids is 1. The van der Waals surface area contributed by atoms with Crippen LogP contribution in [0.4, 0.5) is 0 Å². The summed E-state index contributed by atoms with van der Waals surface area (Å²) in [6.07, 6.45) is -2.37. The van der Waals surface area contributed by atoms with Crippen molar-refractivity contribution in [3.8, 4) is 0 Å². The Labute approximate surface area is 319 Å². The summed E-state index contributed by atoms with van der Waals surface area (Å²) in [6, 6.07) is 0. The van der Waals surface area contributed by atoms with Gasteiger partial charge >= 0.3 is 5.97 Å². The Hall–Kier alpha value is -0.970. The first kappa shape index (κ1) is 39.8. The lowest BCUT2D eigenvalue weighted by atomic mass is 9.31. The van der Waals surface area contributed by atoms with E-state index in [-0.39, 0.29) is 46.1 Å². The molecule has 0 aromatic rings. The summed E-state index contributed by atoms with van der Waals surface area (Å²) in [4.78, 5) is 14.2. The summed E-state index contributed by atoms with van der Waals surface area (Å²) in [5.41, 5.74) is -3.10. The second-order valence-corrected chi connectivity index (χ2v) is 20.4. The number of aliphatic hydroxyl groups is 7. The van der Waals surface area contributed by atoms with E-state index in [1.807, 2.05) is 13.8 Å². The van der Waals surface area contributed by atoms with Gasteiger partial charge in [-0.05, 0) is 117 Å². The van der Waals surface area contributed by atoms with Crippen LogP contribution in [-0.4, -0.2) is 128 Å². The van der Waals surface area contributed by atoms with E-state index in [1.165, 1.54) is 0 Å². The Kier molecular flexibility index (Phi) is 9.60. The highest BCUT2D eigenvalue weighted by Crippen LogP contribution is 2.80. The molecule has 2 bridgehead atoms. The van der Waals surface area contributed by atoms with Crippen LogP contribution in [0.2, 0.25) is 0 Å². The van der Waals surface area contributed by atoms with Gasteiger partial charge in [0.05, 0.1) is 25.4 Å². The first-order valence-corrected chi connectivity index (χ1v) is 20.8. The van der Waals surface area contributed by atoms with E-state index >= 15 is 0 Å². The minimum absolute atomic E-state index is 0.0278. The third kappa shape index (κ3) is 5.11. The summed E-state index contributed by atoms with van der Waals surface area (Å²) >= 11 is 0. The summed E-state index contributed by atoms with van der Waals surface area (Å²) in [6.45, 7) is 12.7. The maximum absolute atomic E-state index is 14.2. The molecule has 54 heavy (non-hydrogen) atoms. The zero-order valence-electron chi connectivity index (χ0n) is 33.0. The van der Waals surface area contributed by atoms with Crippen LogP contribution in [0.5, 0.6) is 0 Å². The maximum Gasteiger partial charge on any atom is 0.315 e. The van der Waals surface area contributed by atoms with Gasteiger partial charge in [0.1, 0.15) is 53.7 Å². The predicted octanol–water partition coefficient (Wildman–Crippen LogP) is 2.17. The number of hydrogen-bond donors (Lipinski definition) is 7. The molecule has 19 atom stereocenters. The molecule has 8 rings (SSSR count). The minimum Gasteiger partial charge on any atom is -0.459 e. The lowest BCUT2D eigenvalue weighted by Crippen LogP contribution is -2.74. The van der Waals surface area contributed by atoms with Crippen molar-refractivity contribution in [1.82, 2.24) is 0 Å². The van der Waals surface area contributed by atoms with Gasteiger partial charge in [0.2, 0.25) is 0 Å². The first-order chi connectivity index (χ1) is 25.3. The fraction of sp³-hybridized carbons (Fsp3) is 0.976. The number of cyclic esters (lactones) is 1. The van der Waals surface area contributed by atoms with Crippen molar-refractivity contribution in [2.75, 3.05) is 19.8 Å². The van der Waals surface area contributed by atoms with E-state index in [0.717, 1.165) is 57.8 Å². The van der Waals surface area contributed by atoms with Crippen LogP contribution < -0.4 is 0 Å². The van der Waals surface area contributed by atoms with Gasteiger partial charge in [0.25, 0.3) is 0 Å². The van der Waals surface area contributed by atoms with Crippen LogP contribution in [0.25, 0.3) is 0 Å². The zero-order valence-corrected chi connectivity index (χ0v) is 33.0. The number of fused-ring (bicyclic) bond motifs is 5. The molecule has 13 nitrogen and oxygen atoms in total. The van der Waals surface area contributed by atoms with E-state index < -0.39 is 85.1 Å². The topological polar surface area (TPSA) is 205 Å². The number of esters is 1. The van der Waals surface area contributed by atoms with Crippen molar-refractivity contribution in [2.45, 2.75) is 179 Å². The fourth-order valence-corrected chi connectivity index (χ4v) is 15.2. The second-order valence-electron chi connectivity index (χ2n) is 20.4. The Balaban J connectivity index is 1.04. The van der Waals surface area contributed by atoms with Crippen molar-refractivity contribution < 1.29 is 64.2 Å². The Morgan fingerprint density at radius 1 is 0.667 bits per heavy atom.